The van der Waals surface area contributed by atoms with Crippen molar-refractivity contribution in [2.24, 2.45) is 0 Å². The van der Waals surface area contributed by atoms with E-state index in [2.05, 4.69) is 20.6 Å². The highest BCUT2D eigenvalue weighted by Gasteiger charge is 2.05. The lowest BCUT2D eigenvalue weighted by Crippen LogP contribution is -2.25. The van der Waals surface area contributed by atoms with E-state index in [9.17, 15) is 4.79 Å². The molecule has 1 heterocycles. The summed E-state index contributed by atoms with van der Waals surface area (Å²) in [6, 6.07) is 6.06. The molecule has 0 aliphatic carbocycles. The van der Waals surface area contributed by atoms with Gasteiger partial charge in [0.1, 0.15) is 5.75 Å². The second-order valence-corrected chi connectivity index (χ2v) is 5.18. The molecule has 2 rings (SSSR count). The molecule has 0 unspecified atom stereocenters. The quantitative estimate of drug-likeness (QED) is 0.555. The highest BCUT2D eigenvalue weighted by atomic mass is 35.5. The molecule has 3 N–H and O–H groups in total. The number of carbonyl (C=O) groups is 1. The Labute approximate surface area is 137 Å². The molecule has 8 heteroatoms. The summed E-state index contributed by atoms with van der Waals surface area (Å²) in [7, 11) is 0. The summed E-state index contributed by atoms with van der Waals surface area (Å²) >= 11 is 11.5. The molecule has 1 aromatic heterocycles. The van der Waals surface area contributed by atoms with Gasteiger partial charge < -0.3 is 15.7 Å². The van der Waals surface area contributed by atoms with Gasteiger partial charge in [-0.2, -0.15) is 4.98 Å². The molecule has 0 saturated heterocycles. The van der Waals surface area contributed by atoms with E-state index in [4.69, 9.17) is 28.3 Å². The third-order valence-electron chi connectivity index (χ3n) is 2.75. The van der Waals surface area contributed by atoms with Crippen LogP contribution < -0.4 is 10.6 Å². The molecule has 0 aliphatic heterocycles. The summed E-state index contributed by atoms with van der Waals surface area (Å²) in [5.74, 6) is 0.326. The zero-order valence-electron chi connectivity index (χ0n) is 11.5. The lowest BCUT2D eigenvalue weighted by atomic mass is 10.2. The molecule has 0 aliphatic rings. The van der Waals surface area contributed by atoms with Gasteiger partial charge in [0, 0.05) is 18.7 Å². The summed E-state index contributed by atoms with van der Waals surface area (Å²) in [6.45, 7) is 1.07. The van der Waals surface area contributed by atoms with Crippen molar-refractivity contribution in [3.8, 4) is 5.75 Å². The molecule has 0 bridgehead atoms. The molecule has 2 aromatic rings. The Morgan fingerprint density at radius 3 is 2.59 bits per heavy atom. The topological polar surface area (TPSA) is 87.1 Å². The van der Waals surface area contributed by atoms with Crippen LogP contribution in [0.1, 0.15) is 16.8 Å². The van der Waals surface area contributed by atoms with Crippen molar-refractivity contribution in [1.82, 2.24) is 15.3 Å². The van der Waals surface area contributed by atoms with Crippen LogP contribution in [0.3, 0.4) is 0 Å². The van der Waals surface area contributed by atoms with Crippen LogP contribution in [0.15, 0.2) is 30.5 Å². The van der Waals surface area contributed by atoms with Crippen LogP contribution in [0.25, 0.3) is 0 Å². The first-order chi connectivity index (χ1) is 10.6. The van der Waals surface area contributed by atoms with E-state index in [1.165, 1.54) is 18.3 Å². The van der Waals surface area contributed by atoms with Crippen LogP contribution in [-0.4, -0.2) is 34.1 Å². The van der Waals surface area contributed by atoms with Gasteiger partial charge in [-0.25, -0.2) is 4.98 Å². The Balaban J connectivity index is 1.69. The van der Waals surface area contributed by atoms with Crippen molar-refractivity contribution < 1.29 is 9.90 Å². The number of hydrogen-bond acceptors (Lipinski definition) is 5. The second-order valence-electron chi connectivity index (χ2n) is 4.42. The third kappa shape index (κ3) is 4.75. The molecule has 0 atom stereocenters. The summed E-state index contributed by atoms with van der Waals surface area (Å²) in [6.07, 6.45) is 2.11. The molecule has 0 saturated carbocycles. The number of rotatable bonds is 6. The summed E-state index contributed by atoms with van der Waals surface area (Å²) in [5, 5.41) is 15.4. The summed E-state index contributed by atoms with van der Waals surface area (Å²) in [5.41, 5.74) is 0.499. The van der Waals surface area contributed by atoms with Crippen LogP contribution >= 0.6 is 23.2 Å². The molecule has 22 heavy (non-hydrogen) atoms. The number of carbonyl (C=O) groups excluding carboxylic acids is 1. The number of aromatic hydroxyl groups is 1. The molecule has 0 radical (unpaired) electrons. The fourth-order valence-corrected chi connectivity index (χ4v) is 1.86. The van der Waals surface area contributed by atoms with Gasteiger partial charge in [0.15, 0.2) is 5.15 Å². The van der Waals surface area contributed by atoms with E-state index in [0.717, 1.165) is 0 Å². The number of halogens is 2. The standard InChI is InChI=1S/C14H14Cl2N4O2/c15-11-8-19-14(20-12(11)16)18-7-1-6-17-13(22)9-2-4-10(21)5-3-9/h2-5,8,21H,1,6-7H2,(H,17,22)(H,18,19,20). The van der Waals surface area contributed by atoms with Crippen molar-refractivity contribution in [2.75, 3.05) is 18.4 Å². The molecule has 0 spiro atoms. The van der Waals surface area contributed by atoms with Crippen molar-refractivity contribution >= 4 is 35.1 Å². The SMILES string of the molecule is O=C(NCCCNc1ncc(Cl)c(Cl)n1)c1ccc(O)cc1. The maximum absolute atomic E-state index is 11.8. The van der Waals surface area contributed by atoms with E-state index in [-0.39, 0.29) is 16.8 Å². The lowest BCUT2D eigenvalue weighted by molar-refractivity contribution is 0.0953. The average molecular weight is 341 g/mol. The molecule has 0 fully saturated rings. The number of benzene rings is 1. The van der Waals surface area contributed by atoms with Crippen LogP contribution in [0.4, 0.5) is 5.95 Å². The Bertz CT molecular complexity index is 650. The fourth-order valence-electron chi connectivity index (χ4n) is 1.64. The Hall–Kier alpha value is -2.05. The van der Waals surface area contributed by atoms with E-state index in [1.807, 2.05) is 0 Å². The minimum absolute atomic E-state index is 0.127. The number of nitrogens with one attached hydrogen (secondary N) is 2. The Morgan fingerprint density at radius 2 is 1.91 bits per heavy atom. The van der Waals surface area contributed by atoms with Crippen molar-refractivity contribution in [1.29, 1.82) is 0 Å². The van der Waals surface area contributed by atoms with Gasteiger partial charge in [0.2, 0.25) is 5.95 Å². The van der Waals surface area contributed by atoms with Gasteiger partial charge in [-0.05, 0) is 30.7 Å². The highest BCUT2D eigenvalue weighted by Crippen LogP contribution is 2.18. The second kappa shape index (κ2) is 7.82. The van der Waals surface area contributed by atoms with Crippen LogP contribution in [0.2, 0.25) is 10.2 Å². The van der Waals surface area contributed by atoms with Gasteiger partial charge in [-0.15, -0.1) is 0 Å². The largest absolute Gasteiger partial charge is 0.508 e. The number of phenolic OH excluding ortho intramolecular Hbond substituents is 1. The first-order valence-electron chi connectivity index (χ1n) is 6.55. The predicted molar refractivity (Wildman–Crippen MR) is 85.6 cm³/mol. The normalized spacial score (nSPS) is 10.3. The number of anilines is 1. The monoisotopic (exact) mass is 340 g/mol. The minimum atomic E-state index is -0.189. The maximum atomic E-state index is 11.8. The van der Waals surface area contributed by atoms with E-state index < -0.39 is 0 Å². The zero-order chi connectivity index (χ0) is 15.9. The third-order valence-corrected chi connectivity index (χ3v) is 3.41. The summed E-state index contributed by atoms with van der Waals surface area (Å²) in [4.78, 5) is 19.7. The van der Waals surface area contributed by atoms with Gasteiger partial charge in [-0.3, -0.25) is 4.79 Å². The molecule has 1 aromatic carbocycles. The van der Waals surface area contributed by atoms with E-state index in [1.54, 1.807) is 12.1 Å². The average Bonchev–Trinajstić information content (AvgIpc) is 2.51. The van der Waals surface area contributed by atoms with Crippen LogP contribution in [0.5, 0.6) is 5.75 Å². The van der Waals surface area contributed by atoms with Crippen LogP contribution in [0, 0.1) is 0 Å². The van der Waals surface area contributed by atoms with Crippen molar-refractivity contribution in [2.45, 2.75) is 6.42 Å². The molecule has 1 amide bonds. The van der Waals surface area contributed by atoms with Crippen LogP contribution in [-0.2, 0) is 0 Å². The van der Waals surface area contributed by atoms with Gasteiger partial charge in [-0.1, -0.05) is 23.2 Å². The van der Waals surface area contributed by atoms with Gasteiger partial charge in [0.05, 0.1) is 11.2 Å². The highest BCUT2D eigenvalue weighted by molar-refractivity contribution is 6.41. The first kappa shape index (κ1) is 16.3. The van der Waals surface area contributed by atoms with Gasteiger partial charge in [0.25, 0.3) is 5.91 Å². The number of nitrogens with zero attached hydrogens (tertiary/aromatic N) is 2. The maximum Gasteiger partial charge on any atom is 0.251 e. The van der Waals surface area contributed by atoms with Crippen molar-refractivity contribution in [3.05, 3.63) is 46.2 Å². The van der Waals surface area contributed by atoms with E-state index in [0.29, 0.717) is 36.0 Å². The lowest BCUT2D eigenvalue weighted by Gasteiger charge is -2.07. The minimum Gasteiger partial charge on any atom is -0.508 e. The number of phenols is 1. The van der Waals surface area contributed by atoms with Gasteiger partial charge >= 0.3 is 0 Å². The predicted octanol–water partition coefficient (Wildman–Crippen LogP) is 2.72. The molecule has 116 valence electrons. The van der Waals surface area contributed by atoms with Crippen molar-refractivity contribution in [3.63, 3.8) is 0 Å². The number of amides is 1. The van der Waals surface area contributed by atoms with E-state index >= 15 is 0 Å². The number of aromatic nitrogens is 2. The molecular weight excluding hydrogens is 327 g/mol. The molecular formula is C14H14Cl2N4O2. The Morgan fingerprint density at radius 1 is 1.18 bits per heavy atom. The molecule has 6 nitrogen and oxygen atoms in total. The summed E-state index contributed by atoms with van der Waals surface area (Å²) < 4.78 is 0. The zero-order valence-corrected chi connectivity index (χ0v) is 13.0. The fraction of sp³-hybridized carbons (Fsp3) is 0.214. The Kier molecular flexibility index (Phi) is 5.80. The first-order valence-corrected chi connectivity index (χ1v) is 7.31. The number of hydrogen-bond donors (Lipinski definition) is 3. The smallest absolute Gasteiger partial charge is 0.251 e.